The van der Waals surface area contributed by atoms with E-state index in [9.17, 15) is 34.6 Å². The van der Waals surface area contributed by atoms with Crippen molar-refractivity contribution < 1.29 is 38.4 Å². The summed E-state index contributed by atoms with van der Waals surface area (Å²) in [4.78, 5) is 57.5. The highest BCUT2D eigenvalue weighted by atomic mass is 32.2. The fourth-order valence-corrected chi connectivity index (χ4v) is 3.65. The Balaban J connectivity index is 1.94. The quantitative estimate of drug-likeness (QED) is 0.230. The minimum absolute atomic E-state index is 0.0157. The molecule has 0 radical (unpaired) electrons. The monoisotopic (exact) mass is 489 g/mol. The molecule has 0 atom stereocenters. The van der Waals surface area contributed by atoms with Crippen molar-refractivity contribution in [1.82, 2.24) is 4.90 Å². The Bertz CT molecular complexity index is 1240. The standard InChI is InChI=1S/C20H15N3O10S/c1-31-15-5-3-11(8-17-19(25)21(20(26)34-17)10-18(24)32-2)7-16(15)33-14-6-4-12(22(27)28)9-13(14)23(29)30/h3-9H,10H2,1-2H3/b17-8-. The van der Waals surface area contributed by atoms with Crippen LogP contribution in [0, 0.1) is 20.2 Å². The Labute approximate surface area is 195 Å². The number of nitro groups is 2. The van der Waals surface area contributed by atoms with Gasteiger partial charge in [-0.25, -0.2) is 0 Å². The summed E-state index contributed by atoms with van der Waals surface area (Å²) < 4.78 is 15.3. The van der Waals surface area contributed by atoms with E-state index in [2.05, 4.69) is 4.74 Å². The summed E-state index contributed by atoms with van der Waals surface area (Å²) in [6, 6.07) is 7.32. The van der Waals surface area contributed by atoms with Crippen molar-refractivity contribution in [1.29, 1.82) is 0 Å². The van der Waals surface area contributed by atoms with Gasteiger partial charge >= 0.3 is 11.7 Å². The molecule has 1 saturated heterocycles. The second-order valence-corrected chi connectivity index (χ2v) is 7.52. The van der Waals surface area contributed by atoms with Crippen molar-refractivity contribution >= 4 is 46.3 Å². The number of hydrogen-bond donors (Lipinski definition) is 0. The van der Waals surface area contributed by atoms with E-state index in [0.717, 1.165) is 30.2 Å². The van der Waals surface area contributed by atoms with Crippen LogP contribution in [0.3, 0.4) is 0 Å². The molecule has 176 valence electrons. The molecule has 0 unspecified atom stereocenters. The molecule has 2 amide bonds. The van der Waals surface area contributed by atoms with E-state index in [1.54, 1.807) is 6.07 Å². The average Bonchev–Trinajstić information content (AvgIpc) is 3.06. The molecular weight excluding hydrogens is 474 g/mol. The molecule has 3 rings (SSSR count). The van der Waals surface area contributed by atoms with Crippen molar-refractivity contribution in [3.63, 3.8) is 0 Å². The SMILES string of the molecule is COC(=O)CN1C(=O)S/C(=C\c2ccc(OC)c(Oc3ccc([N+](=O)[O-])cc3[N+](=O)[O-])c2)C1=O. The maximum absolute atomic E-state index is 12.5. The third-order valence-corrected chi connectivity index (χ3v) is 5.35. The zero-order chi connectivity index (χ0) is 25.0. The number of ether oxygens (including phenoxy) is 3. The Kier molecular flexibility index (Phi) is 7.11. The molecule has 1 fully saturated rings. The number of amides is 2. The van der Waals surface area contributed by atoms with Crippen molar-refractivity contribution in [2.24, 2.45) is 0 Å². The van der Waals surface area contributed by atoms with Crippen LogP contribution in [0.5, 0.6) is 17.2 Å². The summed E-state index contributed by atoms with van der Waals surface area (Å²) in [6.07, 6.45) is 1.37. The van der Waals surface area contributed by atoms with E-state index in [1.807, 2.05) is 0 Å². The Hall–Kier alpha value is -4.46. The highest BCUT2D eigenvalue weighted by molar-refractivity contribution is 8.18. The molecule has 0 N–H and O–H groups in total. The van der Waals surface area contributed by atoms with Crippen LogP contribution in [0.25, 0.3) is 6.08 Å². The molecule has 14 heteroatoms. The first-order chi connectivity index (χ1) is 16.1. The molecule has 2 aromatic carbocycles. The van der Waals surface area contributed by atoms with Crippen molar-refractivity contribution in [3.05, 3.63) is 67.1 Å². The van der Waals surface area contributed by atoms with Gasteiger partial charge in [0.2, 0.25) is 5.75 Å². The number of nitro benzene ring substituents is 2. The molecule has 13 nitrogen and oxygen atoms in total. The largest absolute Gasteiger partial charge is 0.493 e. The average molecular weight is 489 g/mol. The van der Waals surface area contributed by atoms with Crippen LogP contribution in [0.15, 0.2) is 41.3 Å². The number of methoxy groups -OCH3 is 2. The topological polar surface area (TPSA) is 168 Å². The van der Waals surface area contributed by atoms with Gasteiger partial charge in [0, 0.05) is 6.07 Å². The fraction of sp³-hybridized carbons (Fsp3) is 0.150. The van der Waals surface area contributed by atoms with Crippen molar-refractivity contribution in [3.8, 4) is 17.2 Å². The van der Waals surface area contributed by atoms with Gasteiger partial charge in [-0.05, 0) is 41.6 Å². The predicted molar refractivity (Wildman–Crippen MR) is 118 cm³/mol. The van der Waals surface area contributed by atoms with Crippen LogP contribution in [0.1, 0.15) is 5.56 Å². The van der Waals surface area contributed by atoms with Gasteiger partial charge in [0.15, 0.2) is 11.5 Å². The van der Waals surface area contributed by atoms with E-state index in [1.165, 1.54) is 25.3 Å². The lowest BCUT2D eigenvalue weighted by molar-refractivity contribution is -0.394. The van der Waals surface area contributed by atoms with Gasteiger partial charge in [-0.2, -0.15) is 0 Å². The highest BCUT2D eigenvalue weighted by Crippen LogP contribution is 2.39. The number of nitrogens with zero attached hydrogens (tertiary/aromatic N) is 3. The third-order valence-electron chi connectivity index (χ3n) is 4.44. The summed E-state index contributed by atoms with van der Waals surface area (Å²) in [6.45, 7) is -0.528. The number of hydrogen-bond acceptors (Lipinski definition) is 11. The minimum atomic E-state index is -0.823. The number of esters is 1. The highest BCUT2D eigenvalue weighted by Gasteiger charge is 2.36. The van der Waals surface area contributed by atoms with Gasteiger partial charge in [-0.3, -0.25) is 39.5 Å². The van der Waals surface area contributed by atoms with E-state index < -0.39 is 44.9 Å². The van der Waals surface area contributed by atoms with Gasteiger partial charge in [0.25, 0.3) is 16.8 Å². The number of carbonyl (C=O) groups is 3. The molecular formula is C20H15N3O10S. The predicted octanol–water partition coefficient (Wildman–Crippen LogP) is 3.51. The number of carbonyl (C=O) groups excluding carboxylic acids is 3. The third kappa shape index (κ3) is 5.12. The van der Waals surface area contributed by atoms with Crippen LogP contribution >= 0.6 is 11.8 Å². The van der Waals surface area contributed by atoms with Crippen LogP contribution in [0.4, 0.5) is 16.2 Å². The Morgan fingerprint density at radius 1 is 1.03 bits per heavy atom. The molecule has 0 aromatic heterocycles. The zero-order valence-electron chi connectivity index (χ0n) is 17.6. The molecule has 2 aromatic rings. The molecule has 1 aliphatic heterocycles. The lowest BCUT2D eigenvalue weighted by atomic mass is 10.1. The molecule has 0 aliphatic carbocycles. The maximum atomic E-state index is 12.5. The van der Waals surface area contributed by atoms with Crippen LogP contribution in [0.2, 0.25) is 0 Å². The van der Waals surface area contributed by atoms with Gasteiger partial charge in [0.1, 0.15) is 6.54 Å². The molecule has 0 saturated carbocycles. The number of rotatable bonds is 8. The Morgan fingerprint density at radius 3 is 2.35 bits per heavy atom. The molecule has 0 bridgehead atoms. The van der Waals surface area contributed by atoms with E-state index in [4.69, 9.17) is 9.47 Å². The number of non-ortho nitro benzene ring substituents is 1. The second-order valence-electron chi connectivity index (χ2n) is 6.52. The summed E-state index contributed by atoms with van der Waals surface area (Å²) >= 11 is 0.625. The van der Waals surface area contributed by atoms with Crippen LogP contribution < -0.4 is 9.47 Å². The maximum Gasteiger partial charge on any atom is 0.325 e. The van der Waals surface area contributed by atoms with Crippen molar-refractivity contribution in [2.75, 3.05) is 20.8 Å². The van der Waals surface area contributed by atoms with Gasteiger partial charge in [0.05, 0.1) is 35.0 Å². The van der Waals surface area contributed by atoms with Gasteiger partial charge < -0.3 is 14.2 Å². The number of benzene rings is 2. The Morgan fingerprint density at radius 2 is 1.74 bits per heavy atom. The second kappa shape index (κ2) is 9.99. The number of imide groups is 1. The first-order valence-corrected chi connectivity index (χ1v) is 10.1. The van der Waals surface area contributed by atoms with Gasteiger partial charge in [-0.1, -0.05) is 6.07 Å². The smallest absolute Gasteiger partial charge is 0.325 e. The van der Waals surface area contributed by atoms with Crippen LogP contribution in [-0.4, -0.2) is 52.6 Å². The lowest BCUT2D eigenvalue weighted by Gasteiger charge is -2.11. The molecule has 1 aliphatic rings. The van der Waals surface area contributed by atoms with Gasteiger partial charge in [-0.15, -0.1) is 0 Å². The summed E-state index contributed by atoms with van der Waals surface area (Å²) in [5, 5.41) is 21.7. The summed E-state index contributed by atoms with van der Waals surface area (Å²) in [7, 11) is 2.47. The van der Waals surface area contributed by atoms with Crippen LogP contribution in [-0.2, 0) is 14.3 Å². The molecule has 1 heterocycles. The first-order valence-electron chi connectivity index (χ1n) is 9.25. The van der Waals surface area contributed by atoms with E-state index in [-0.39, 0.29) is 22.2 Å². The van der Waals surface area contributed by atoms with E-state index in [0.29, 0.717) is 17.3 Å². The minimum Gasteiger partial charge on any atom is -0.493 e. The van der Waals surface area contributed by atoms with E-state index >= 15 is 0 Å². The summed E-state index contributed by atoms with van der Waals surface area (Å²) in [5.74, 6) is -1.52. The number of thioether (sulfide) groups is 1. The lowest BCUT2D eigenvalue weighted by Crippen LogP contribution is -2.34. The first kappa shape index (κ1) is 24.2. The summed E-state index contributed by atoms with van der Waals surface area (Å²) in [5.41, 5.74) is -0.739. The molecule has 0 spiro atoms. The van der Waals surface area contributed by atoms with Crippen molar-refractivity contribution in [2.45, 2.75) is 0 Å². The fourth-order valence-electron chi connectivity index (χ4n) is 2.81. The zero-order valence-corrected chi connectivity index (χ0v) is 18.4. The molecule has 34 heavy (non-hydrogen) atoms. The normalized spacial score (nSPS) is 14.3.